The quantitative estimate of drug-likeness (QED) is 0.388. The van der Waals surface area contributed by atoms with Gasteiger partial charge < -0.3 is 9.72 Å². The molecule has 1 aromatic carbocycles. The summed E-state index contributed by atoms with van der Waals surface area (Å²) in [4.78, 5) is 38.2. The first-order valence-corrected chi connectivity index (χ1v) is 10.1. The van der Waals surface area contributed by atoms with Gasteiger partial charge in [-0.2, -0.15) is 8.78 Å². The Balaban J connectivity index is 2.24. The normalized spacial score (nSPS) is 11.5. The van der Waals surface area contributed by atoms with Gasteiger partial charge in [0, 0.05) is 5.69 Å². The molecular weight excluding hydrogens is 477 g/mol. The van der Waals surface area contributed by atoms with Gasteiger partial charge in [-0.05, 0) is 26.3 Å². The largest absolute Gasteiger partial charge is 0.448 e. The predicted octanol–water partition coefficient (Wildman–Crippen LogP) is 4.39. The van der Waals surface area contributed by atoms with Crippen molar-refractivity contribution in [2.75, 3.05) is 0 Å². The fraction of sp³-hybridized carbons (Fsp3) is 0.318. The first kappa shape index (κ1) is 25.5. The third-order valence-corrected chi connectivity index (χ3v) is 5.08. The molecule has 0 spiro atoms. The molecule has 0 atom stereocenters. The lowest BCUT2D eigenvalue weighted by Gasteiger charge is -2.19. The number of alkyl halides is 4. The maximum atomic E-state index is 14.7. The highest BCUT2D eigenvalue weighted by Crippen LogP contribution is 2.39. The molecule has 0 fully saturated rings. The van der Waals surface area contributed by atoms with Crippen molar-refractivity contribution in [1.82, 2.24) is 19.5 Å². The van der Waals surface area contributed by atoms with Crippen LogP contribution in [-0.4, -0.2) is 25.9 Å². The molecule has 0 unspecified atom stereocenters. The number of hydrogen-bond donors (Lipinski definition) is 1. The minimum absolute atomic E-state index is 0.0201. The van der Waals surface area contributed by atoms with Crippen LogP contribution in [-0.2, 0) is 18.9 Å². The number of rotatable bonds is 7. The van der Waals surface area contributed by atoms with Gasteiger partial charge in [0.1, 0.15) is 5.82 Å². The number of H-pyrrole nitrogens is 1. The standard InChI is InChI=1S/C22H18F5N5O3/c1-5-12-6-14(28-4)16(23)15(7-12)35-17-18(22(26,27)21(24)25)29-9-32(20(17)34)8-13-10(2)30-11(3)31-19(13)33/h6-7,9,21H,5,8H2,1-3H3,(H,30,31,33). The molecule has 8 nitrogen and oxygen atoms in total. The van der Waals surface area contributed by atoms with Gasteiger partial charge >= 0.3 is 12.3 Å². The summed E-state index contributed by atoms with van der Waals surface area (Å²) in [6.45, 7) is 11.2. The van der Waals surface area contributed by atoms with Crippen LogP contribution in [0.15, 0.2) is 28.0 Å². The minimum atomic E-state index is -4.92. The number of nitrogens with one attached hydrogen (secondary N) is 1. The molecule has 0 aliphatic carbocycles. The number of ether oxygens (including phenoxy) is 1. The summed E-state index contributed by atoms with van der Waals surface area (Å²) < 4.78 is 75.4. The van der Waals surface area contributed by atoms with Crippen molar-refractivity contribution in [3.8, 4) is 11.5 Å². The number of aromatic nitrogens is 4. The Morgan fingerprint density at radius 2 is 1.94 bits per heavy atom. The molecule has 2 aromatic heterocycles. The summed E-state index contributed by atoms with van der Waals surface area (Å²) in [7, 11) is 0. The Bertz CT molecular complexity index is 1440. The van der Waals surface area contributed by atoms with Crippen molar-refractivity contribution in [1.29, 1.82) is 0 Å². The van der Waals surface area contributed by atoms with Crippen LogP contribution in [0.5, 0.6) is 11.5 Å². The molecule has 0 saturated heterocycles. The average molecular weight is 495 g/mol. The van der Waals surface area contributed by atoms with Gasteiger partial charge in [0.2, 0.25) is 11.4 Å². The van der Waals surface area contributed by atoms with Crippen LogP contribution in [0.1, 0.15) is 35.3 Å². The van der Waals surface area contributed by atoms with Crippen LogP contribution in [0.2, 0.25) is 0 Å². The van der Waals surface area contributed by atoms with E-state index in [-0.39, 0.29) is 11.3 Å². The second-order valence-electron chi connectivity index (χ2n) is 7.49. The van der Waals surface area contributed by atoms with Crippen LogP contribution in [0.25, 0.3) is 4.85 Å². The van der Waals surface area contributed by atoms with Gasteiger partial charge in [-0.25, -0.2) is 28.0 Å². The van der Waals surface area contributed by atoms with Crippen molar-refractivity contribution in [2.45, 2.75) is 46.1 Å². The Morgan fingerprint density at radius 3 is 2.51 bits per heavy atom. The SMILES string of the molecule is [C-]#[N+]c1cc(CC)cc(Oc2c(C(F)(F)C(F)F)ncn(Cc3c(C)nc(C)[nH]c3=O)c2=O)c1F. The van der Waals surface area contributed by atoms with Crippen LogP contribution >= 0.6 is 0 Å². The van der Waals surface area contributed by atoms with E-state index in [0.717, 1.165) is 6.07 Å². The zero-order chi connectivity index (χ0) is 26.1. The first-order chi connectivity index (χ1) is 16.4. The van der Waals surface area contributed by atoms with Gasteiger partial charge in [-0.15, -0.1) is 0 Å². The van der Waals surface area contributed by atoms with E-state index in [9.17, 15) is 31.5 Å². The zero-order valence-electron chi connectivity index (χ0n) is 18.6. The molecule has 1 N–H and O–H groups in total. The molecule has 13 heteroatoms. The van der Waals surface area contributed by atoms with E-state index in [0.29, 0.717) is 28.7 Å². The second kappa shape index (κ2) is 9.65. The van der Waals surface area contributed by atoms with Crippen LogP contribution in [0, 0.1) is 26.2 Å². The number of hydrogen-bond acceptors (Lipinski definition) is 5. The van der Waals surface area contributed by atoms with Gasteiger partial charge in [-0.3, -0.25) is 14.2 Å². The molecule has 0 aliphatic rings. The van der Waals surface area contributed by atoms with E-state index in [1.54, 1.807) is 6.92 Å². The highest BCUT2D eigenvalue weighted by atomic mass is 19.3. The van der Waals surface area contributed by atoms with Crippen LogP contribution in [0.4, 0.5) is 27.6 Å². The summed E-state index contributed by atoms with van der Waals surface area (Å²) in [5.41, 5.74) is -3.65. The molecule has 0 aliphatic heterocycles. The van der Waals surface area contributed by atoms with Crippen LogP contribution < -0.4 is 15.9 Å². The summed E-state index contributed by atoms with van der Waals surface area (Å²) in [5, 5.41) is 0. The molecule has 3 aromatic rings. The van der Waals surface area contributed by atoms with Gasteiger partial charge in [0.15, 0.2) is 17.3 Å². The third kappa shape index (κ3) is 4.91. The number of nitrogens with zero attached hydrogens (tertiary/aromatic N) is 4. The monoisotopic (exact) mass is 495 g/mol. The van der Waals surface area contributed by atoms with Gasteiger partial charge in [-0.1, -0.05) is 18.6 Å². The lowest BCUT2D eigenvalue weighted by molar-refractivity contribution is -0.139. The Morgan fingerprint density at radius 1 is 1.26 bits per heavy atom. The first-order valence-electron chi connectivity index (χ1n) is 10.1. The smallest absolute Gasteiger partial charge is 0.352 e. The minimum Gasteiger partial charge on any atom is -0.448 e. The molecule has 2 heterocycles. The topological polar surface area (TPSA) is 94.2 Å². The van der Waals surface area contributed by atoms with Gasteiger partial charge in [0.25, 0.3) is 11.1 Å². The van der Waals surface area contributed by atoms with E-state index < -0.39 is 58.7 Å². The molecular formula is C22H18F5N5O3. The van der Waals surface area contributed by atoms with E-state index in [2.05, 4.69) is 19.8 Å². The highest BCUT2D eigenvalue weighted by Gasteiger charge is 2.48. The zero-order valence-corrected chi connectivity index (χ0v) is 18.6. The Kier molecular flexibility index (Phi) is 7.04. The number of halogens is 5. The van der Waals surface area contributed by atoms with Crippen molar-refractivity contribution in [3.63, 3.8) is 0 Å². The molecule has 184 valence electrons. The average Bonchev–Trinajstić information content (AvgIpc) is 2.79. The molecule has 3 rings (SSSR count). The van der Waals surface area contributed by atoms with Crippen molar-refractivity contribution >= 4 is 5.69 Å². The fourth-order valence-electron chi connectivity index (χ4n) is 3.23. The predicted molar refractivity (Wildman–Crippen MR) is 114 cm³/mol. The highest BCUT2D eigenvalue weighted by molar-refractivity contribution is 5.55. The van der Waals surface area contributed by atoms with E-state index in [4.69, 9.17) is 11.3 Å². The maximum absolute atomic E-state index is 14.7. The molecule has 0 bridgehead atoms. The summed E-state index contributed by atoms with van der Waals surface area (Å²) in [5.74, 6) is -8.05. The van der Waals surface area contributed by atoms with E-state index in [1.165, 1.54) is 19.9 Å². The van der Waals surface area contributed by atoms with Crippen molar-refractivity contribution in [2.24, 2.45) is 0 Å². The molecule has 0 amide bonds. The second-order valence-corrected chi connectivity index (χ2v) is 7.49. The maximum Gasteiger partial charge on any atom is 0.352 e. The summed E-state index contributed by atoms with van der Waals surface area (Å²) >= 11 is 0. The van der Waals surface area contributed by atoms with E-state index in [1.807, 2.05) is 0 Å². The van der Waals surface area contributed by atoms with E-state index >= 15 is 0 Å². The fourth-order valence-corrected chi connectivity index (χ4v) is 3.23. The Labute approximate surface area is 194 Å². The van der Waals surface area contributed by atoms with Crippen molar-refractivity contribution < 1.29 is 26.7 Å². The lowest BCUT2D eigenvalue weighted by atomic mass is 10.1. The third-order valence-electron chi connectivity index (χ3n) is 5.08. The summed E-state index contributed by atoms with van der Waals surface area (Å²) in [6.07, 6.45) is -3.41. The molecule has 35 heavy (non-hydrogen) atoms. The number of aromatic amines is 1. The van der Waals surface area contributed by atoms with Crippen LogP contribution in [0.3, 0.4) is 0 Å². The summed E-state index contributed by atoms with van der Waals surface area (Å²) in [6, 6.07) is 2.26. The molecule has 0 saturated carbocycles. The number of benzene rings is 1. The number of aryl methyl sites for hydroxylation is 3. The Hall–Kier alpha value is -4.08. The van der Waals surface area contributed by atoms with Crippen molar-refractivity contribution in [3.05, 3.63) is 84.7 Å². The van der Waals surface area contributed by atoms with Gasteiger partial charge in [0.05, 0.1) is 25.0 Å². The molecule has 0 radical (unpaired) electrons. The lowest BCUT2D eigenvalue weighted by Crippen LogP contribution is -2.33.